The number of anilines is 1. The topological polar surface area (TPSA) is 108 Å². The van der Waals surface area contributed by atoms with Gasteiger partial charge in [0.05, 0.1) is 17.9 Å². The van der Waals surface area contributed by atoms with Crippen molar-refractivity contribution in [3.8, 4) is 0 Å². The van der Waals surface area contributed by atoms with E-state index in [1.807, 2.05) is 0 Å². The zero-order chi connectivity index (χ0) is 19.3. The average molecular weight is 373 g/mol. The molecule has 2 fully saturated rings. The molecule has 3 aliphatic heterocycles. The fraction of sp³-hybridized carbons (Fsp3) is 0.526. The monoisotopic (exact) mass is 373 g/mol. The number of hydrogen-bond donors (Lipinski definition) is 3. The largest absolute Gasteiger partial charge is 0.392 e. The molecule has 1 spiro atoms. The van der Waals surface area contributed by atoms with Crippen molar-refractivity contribution in [2.24, 2.45) is 11.8 Å². The zero-order valence-corrected chi connectivity index (χ0v) is 15.3. The number of aliphatic hydroxyl groups is 1. The zero-order valence-electron chi connectivity index (χ0n) is 15.3. The number of rotatable bonds is 5. The van der Waals surface area contributed by atoms with Crippen molar-refractivity contribution < 1.29 is 24.2 Å². The second-order valence-electron chi connectivity index (χ2n) is 7.40. The molecule has 8 nitrogen and oxygen atoms in total. The number of imide groups is 1. The second-order valence-corrected chi connectivity index (χ2v) is 7.40. The molecule has 0 radical (unpaired) electrons. The quantitative estimate of drug-likeness (QED) is 0.488. The normalized spacial score (nSPS) is 32.8. The van der Waals surface area contributed by atoms with Crippen LogP contribution >= 0.6 is 0 Å². The number of nitrogens with one attached hydrogen (secondary N) is 2. The first-order valence-corrected chi connectivity index (χ1v) is 9.14. The lowest BCUT2D eigenvalue weighted by Gasteiger charge is -2.30. The van der Waals surface area contributed by atoms with E-state index < -0.39 is 29.5 Å². The van der Waals surface area contributed by atoms with Crippen LogP contribution in [0, 0.1) is 11.8 Å². The van der Waals surface area contributed by atoms with E-state index in [0.29, 0.717) is 24.3 Å². The summed E-state index contributed by atoms with van der Waals surface area (Å²) < 4.78 is 5.02. The standard InChI is InChI=1S/C19H23N3O5/c1-10(23)15-13-14(17(25)22(16(13)24)8-5-9-27-2)19(21-15)11-6-3-4-7-12(11)20-18(19)26/h3-4,6-7,10,13-15,21,23H,5,8-9H2,1-2H3,(H,20,26)/t10?,13-,14-,15?,19?/m0/s1. The molecule has 3 unspecified atom stereocenters. The fourth-order valence-electron chi connectivity index (χ4n) is 4.75. The number of fused-ring (bicyclic) bond motifs is 4. The Kier molecular flexibility index (Phi) is 4.29. The highest BCUT2D eigenvalue weighted by atomic mass is 16.5. The number of methoxy groups -OCH3 is 1. The summed E-state index contributed by atoms with van der Waals surface area (Å²) in [4.78, 5) is 40.5. The smallest absolute Gasteiger partial charge is 0.250 e. The van der Waals surface area contributed by atoms with Crippen LogP contribution < -0.4 is 10.6 Å². The highest BCUT2D eigenvalue weighted by Gasteiger charge is 2.70. The number of ether oxygens (including phenoxy) is 1. The molecule has 1 aromatic carbocycles. The van der Waals surface area contributed by atoms with Crippen LogP contribution in [0.2, 0.25) is 0 Å². The summed E-state index contributed by atoms with van der Waals surface area (Å²) in [5, 5.41) is 16.3. The Hall–Kier alpha value is -2.29. The maximum atomic E-state index is 13.2. The van der Waals surface area contributed by atoms with E-state index in [9.17, 15) is 19.5 Å². The maximum Gasteiger partial charge on any atom is 0.250 e. The number of carbonyl (C=O) groups is 3. The van der Waals surface area contributed by atoms with E-state index in [1.165, 1.54) is 4.90 Å². The van der Waals surface area contributed by atoms with Crippen molar-refractivity contribution in [3.63, 3.8) is 0 Å². The van der Waals surface area contributed by atoms with Gasteiger partial charge >= 0.3 is 0 Å². The SMILES string of the molecule is COCCCN1C(=O)[C@@H]2C(C(C)O)NC3(C(=O)Nc4ccccc43)[C@@H]2C1=O. The molecule has 0 bridgehead atoms. The molecule has 144 valence electrons. The molecular formula is C19H23N3O5. The van der Waals surface area contributed by atoms with Crippen molar-refractivity contribution in [3.05, 3.63) is 29.8 Å². The summed E-state index contributed by atoms with van der Waals surface area (Å²) in [6.07, 6.45) is -0.371. The third-order valence-electron chi connectivity index (χ3n) is 5.90. The molecule has 3 aliphatic rings. The van der Waals surface area contributed by atoms with Gasteiger partial charge in [-0.1, -0.05) is 18.2 Å². The summed E-state index contributed by atoms with van der Waals surface area (Å²) in [6, 6.07) is 6.47. The van der Waals surface area contributed by atoms with Gasteiger partial charge in [-0.15, -0.1) is 0 Å². The number of likely N-dealkylation sites (tertiary alicyclic amines) is 1. The molecule has 27 heavy (non-hydrogen) atoms. The van der Waals surface area contributed by atoms with Gasteiger partial charge in [-0.3, -0.25) is 24.6 Å². The van der Waals surface area contributed by atoms with E-state index in [0.717, 1.165) is 0 Å². The van der Waals surface area contributed by atoms with Crippen LogP contribution in [0.5, 0.6) is 0 Å². The van der Waals surface area contributed by atoms with Gasteiger partial charge in [-0.05, 0) is 19.4 Å². The van der Waals surface area contributed by atoms with Gasteiger partial charge in [0, 0.05) is 37.6 Å². The third-order valence-corrected chi connectivity index (χ3v) is 5.90. The predicted molar refractivity (Wildman–Crippen MR) is 95.5 cm³/mol. The van der Waals surface area contributed by atoms with Gasteiger partial charge in [0.2, 0.25) is 17.7 Å². The number of benzene rings is 1. The van der Waals surface area contributed by atoms with Crippen LogP contribution in [0.25, 0.3) is 0 Å². The Morgan fingerprint density at radius 3 is 2.70 bits per heavy atom. The van der Waals surface area contributed by atoms with E-state index in [1.54, 1.807) is 38.3 Å². The molecule has 0 aliphatic carbocycles. The lowest BCUT2D eigenvalue weighted by Crippen LogP contribution is -2.54. The van der Waals surface area contributed by atoms with Crippen molar-refractivity contribution in [2.45, 2.75) is 31.0 Å². The minimum atomic E-state index is -1.34. The second kappa shape index (κ2) is 6.40. The third kappa shape index (κ3) is 2.37. The Morgan fingerprint density at radius 2 is 2.00 bits per heavy atom. The number of amides is 3. The Labute approximate surface area is 156 Å². The Balaban J connectivity index is 1.79. The van der Waals surface area contributed by atoms with Crippen molar-refractivity contribution in [1.29, 1.82) is 0 Å². The molecular weight excluding hydrogens is 350 g/mol. The molecule has 8 heteroatoms. The van der Waals surface area contributed by atoms with Crippen LogP contribution in [0.3, 0.4) is 0 Å². The van der Waals surface area contributed by atoms with Gasteiger partial charge in [0.1, 0.15) is 5.54 Å². The molecule has 2 saturated heterocycles. The number of para-hydroxylation sites is 1. The molecule has 0 aromatic heterocycles. The molecule has 5 atom stereocenters. The Bertz CT molecular complexity index is 810. The van der Waals surface area contributed by atoms with Gasteiger partial charge in [0.25, 0.3) is 0 Å². The van der Waals surface area contributed by atoms with Crippen LogP contribution in [-0.4, -0.2) is 60.1 Å². The van der Waals surface area contributed by atoms with Crippen LogP contribution in [-0.2, 0) is 24.7 Å². The summed E-state index contributed by atoms with van der Waals surface area (Å²) in [5.41, 5.74) is -0.0720. The maximum absolute atomic E-state index is 13.2. The molecule has 3 N–H and O–H groups in total. The molecule has 3 amide bonds. The predicted octanol–water partition coefficient (Wildman–Crippen LogP) is -0.176. The molecule has 1 aromatic rings. The number of aliphatic hydroxyl groups excluding tert-OH is 1. The van der Waals surface area contributed by atoms with E-state index in [-0.39, 0.29) is 24.3 Å². The summed E-state index contributed by atoms with van der Waals surface area (Å²) >= 11 is 0. The lowest BCUT2D eigenvalue weighted by molar-refractivity contribution is -0.143. The minimum Gasteiger partial charge on any atom is -0.392 e. The fourth-order valence-corrected chi connectivity index (χ4v) is 4.75. The van der Waals surface area contributed by atoms with Crippen molar-refractivity contribution in [2.75, 3.05) is 25.6 Å². The highest BCUT2D eigenvalue weighted by Crippen LogP contribution is 2.53. The van der Waals surface area contributed by atoms with Crippen molar-refractivity contribution >= 4 is 23.4 Å². The van der Waals surface area contributed by atoms with Crippen LogP contribution in [0.15, 0.2) is 24.3 Å². The molecule has 4 rings (SSSR count). The first-order valence-electron chi connectivity index (χ1n) is 9.14. The number of nitrogens with zero attached hydrogens (tertiary/aromatic N) is 1. The highest BCUT2D eigenvalue weighted by molar-refractivity contribution is 6.15. The van der Waals surface area contributed by atoms with Gasteiger partial charge in [-0.2, -0.15) is 0 Å². The summed E-state index contributed by atoms with van der Waals surface area (Å²) in [6.45, 7) is 2.24. The molecule has 3 heterocycles. The van der Waals surface area contributed by atoms with Crippen LogP contribution in [0.4, 0.5) is 5.69 Å². The van der Waals surface area contributed by atoms with Crippen LogP contribution in [0.1, 0.15) is 18.9 Å². The molecule has 0 saturated carbocycles. The summed E-state index contributed by atoms with van der Waals surface area (Å²) in [5.74, 6) is -2.73. The lowest BCUT2D eigenvalue weighted by atomic mass is 9.76. The minimum absolute atomic E-state index is 0.240. The van der Waals surface area contributed by atoms with E-state index in [4.69, 9.17) is 4.74 Å². The van der Waals surface area contributed by atoms with Gasteiger partial charge < -0.3 is 15.2 Å². The van der Waals surface area contributed by atoms with Gasteiger partial charge in [0.15, 0.2) is 0 Å². The Morgan fingerprint density at radius 1 is 1.26 bits per heavy atom. The first-order chi connectivity index (χ1) is 12.9. The summed E-state index contributed by atoms with van der Waals surface area (Å²) in [7, 11) is 1.56. The number of hydrogen-bond acceptors (Lipinski definition) is 6. The van der Waals surface area contributed by atoms with E-state index >= 15 is 0 Å². The van der Waals surface area contributed by atoms with Crippen molar-refractivity contribution in [1.82, 2.24) is 10.2 Å². The first kappa shape index (κ1) is 18.1. The van der Waals surface area contributed by atoms with Gasteiger partial charge in [-0.25, -0.2) is 0 Å². The number of carbonyl (C=O) groups excluding carboxylic acids is 3. The van der Waals surface area contributed by atoms with E-state index in [2.05, 4.69) is 10.6 Å². The average Bonchev–Trinajstić information content (AvgIpc) is 3.22.